The second-order valence-corrected chi connectivity index (χ2v) is 4.94. The first kappa shape index (κ1) is 12.0. The van der Waals surface area contributed by atoms with Crippen molar-refractivity contribution in [3.63, 3.8) is 0 Å². The van der Waals surface area contributed by atoms with Crippen LogP contribution in [0.2, 0.25) is 0 Å². The lowest BCUT2D eigenvalue weighted by molar-refractivity contribution is -0.00140. The van der Waals surface area contributed by atoms with Gasteiger partial charge in [0, 0.05) is 12.6 Å². The van der Waals surface area contributed by atoms with Gasteiger partial charge in [0.2, 0.25) is 0 Å². The standard InChI is InChI=1S/C11H23NO2/c1-4-12(8-11(2,3)14)9-6-5-7-10(9)13/h9-10,13-14H,4-8H2,1-3H3/t9-,10-/m1/s1. The highest BCUT2D eigenvalue weighted by molar-refractivity contribution is 4.87. The van der Waals surface area contributed by atoms with Gasteiger partial charge in [-0.2, -0.15) is 0 Å². The van der Waals surface area contributed by atoms with Crippen molar-refractivity contribution in [1.82, 2.24) is 4.90 Å². The Labute approximate surface area is 86.7 Å². The topological polar surface area (TPSA) is 43.7 Å². The molecule has 0 aliphatic heterocycles. The van der Waals surface area contributed by atoms with Crippen molar-refractivity contribution in [3.8, 4) is 0 Å². The summed E-state index contributed by atoms with van der Waals surface area (Å²) in [5, 5.41) is 19.5. The molecule has 0 aromatic heterocycles. The van der Waals surface area contributed by atoms with Gasteiger partial charge >= 0.3 is 0 Å². The Bertz CT molecular complexity index is 177. The van der Waals surface area contributed by atoms with E-state index >= 15 is 0 Å². The summed E-state index contributed by atoms with van der Waals surface area (Å²) in [7, 11) is 0. The molecule has 2 atom stereocenters. The highest BCUT2D eigenvalue weighted by Gasteiger charge is 2.32. The lowest BCUT2D eigenvalue weighted by Crippen LogP contribution is -2.47. The summed E-state index contributed by atoms with van der Waals surface area (Å²) in [6, 6.07) is 0.256. The van der Waals surface area contributed by atoms with Crippen molar-refractivity contribution < 1.29 is 10.2 Å². The van der Waals surface area contributed by atoms with Crippen LogP contribution in [0.5, 0.6) is 0 Å². The fourth-order valence-corrected chi connectivity index (χ4v) is 2.31. The van der Waals surface area contributed by atoms with Crippen LogP contribution in [0.15, 0.2) is 0 Å². The second kappa shape index (κ2) is 4.60. The highest BCUT2D eigenvalue weighted by atomic mass is 16.3. The normalized spacial score (nSPS) is 28.7. The Morgan fingerprint density at radius 2 is 2.00 bits per heavy atom. The molecule has 0 bridgehead atoms. The Balaban J connectivity index is 2.53. The number of hydrogen-bond donors (Lipinski definition) is 2. The summed E-state index contributed by atoms with van der Waals surface area (Å²) in [6.07, 6.45) is 2.88. The average Bonchev–Trinajstić information content (AvgIpc) is 2.45. The molecule has 84 valence electrons. The van der Waals surface area contributed by atoms with Crippen molar-refractivity contribution in [2.75, 3.05) is 13.1 Å². The maximum absolute atomic E-state index is 9.76. The van der Waals surface area contributed by atoms with Gasteiger partial charge in [-0.1, -0.05) is 6.92 Å². The van der Waals surface area contributed by atoms with Gasteiger partial charge in [-0.3, -0.25) is 4.90 Å². The summed E-state index contributed by atoms with van der Waals surface area (Å²) in [6.45, 7) is 7.25. The molecule has 1 aliphatic rings. The molecule has 3 nitrogen and oxygen atoms in total. The van der Waals surface area contributed by atoms with Crippen molar-refractivity contribution in [2.45, 2.75) is 57.8 Å². The first-order valence-corrected chi connectivity index (χ1v) is 5.58. The summed E-state index contributed by atoms with van der Waals surface area (Å²) < 4.78 is 0. The molecule has 0 heterocycles. The third kappa shape index (κ3) is 3.23. The lowest BCUT2D eigenvalue weighted by atomic mass is 10.1. The Morgan fingerprint density at radius 1 is 1.36 bits per heavy atom. The fourth-order valence-electron chi connectivity index (χ4n) is 2.31. The number of aliphatic hydroxyl groups excluding tert-OH is 1. The van der Waals surface area contributed by atoms with E-state index < -0.39 is 5.60 Å². The molecule has 14 heavy (non-hydrogen) atoms. The molecule has 0 saturated heterocycles. The van der Waals surface area contributed by atoms with E-state index in [1.807, 2.05) is 13.8 Å². The summed E-state index contributed by atoms with van der Waals surface area (Å²) in [4.78, 5) is 2.19. The van der Waals surface area contributed by atoms with Crippen molar-refractivity contribution in [3.05, 3.63) is 0 Å². The number of nitrogens with zero attached hydrogens (tertiary/aromatic N) is 1. The van der Waals surface area contributed by atoms with Gasteiger partial charge < -0.3 is 10.2 Å². The largest absolute Gasteiger partial charge is 0.391 e. The summed E-state index contributed by atoms with van der Waals surface area (Å²) in [5.74, 6) is 0. The maximum atomic E-state index is 9.76. The maximum Gasteiger partial charge on any atom is 0.0718 e. The van der Waals surface area contributed by atoms with Gasteiger partial charge in [0.1, 0.15) is 0 Å². The van der Waals surface area contributed by atoms with E-state index in [4.69, 9.17) is 0 Å². The molecule has 1 saturated carbocycles. The lowest BCUT2D eigenvalue weighted by Gasteiger charge is -2.34. The van der Waals surface area contributed by atoms with Crippen molar-refractivity contribution in [1.29, 1.82) is 0 Å². The number of rotatable bonds is 4. The summed E-state index contributed by atoms with van der Waals surface area (Å²) >= 11 is 0. The molecule has 0 spiro atoms. The van der Waals surface area contributed by atoms with Crippen LogP contribution in [0.25, 0.3) is 0 Å². The minimum atomic E-state index is -0.668. The fraction of sp³-hybridized carbons (Fsp3) is 1.00. The second-order valence-electron chi connectivity index (χ2n) is 4.94. The molecule has 0 radical (unpaired) electrons. The molecule has 0 unspecified atom stereocenters. The van der Waals surface area contributed by atoms with E-state index in [1.54, 1.807) is 0 Å². The number of likely N-dealkylation sites (N-methyl/N-ethyl adjacent to an activating group) is 1. The minimum absolute atomic E-state index is 0.197. The molecular formula is C11H23NO2. The van der Waals surface area contributed by atoms with Gasteiger partial charge in [-0.05, 0) is 39.7 Å². The van der Waals surface area contributed by atoms with Crippen molar-refractivity contribution >= 4 is 0 Å². The van der Waals surface area contributed by atoms with Gasteiger partial charge in [-0.25, -0.2) is 0 Å². The molecule has 1 rings (SSSR count). The zero-order chi connectivity index (χ0) is 10.8. The van der Waals surface area contributed by atoms with Crippen LogP contribution in [-0.4, -0.2) is 45.9 Å². The molecule has 1 aliphatic carbocycles. The Morgan fingerprint density at radius 3 is 2.36 bits per heavy atom. The van der Waals surface area contributed by atoms with Crippen molar-refractivity contribution in [2.24, 2.45) is 0 Å². The van der Waals surface area contributed by atoms with Crippen LogP contribution >= 0.6 is 0 Å². The minimum Gasteiger partial charge on any atom is -0.391 e. The number of hydrogen-bond acceptors (Lipinski definition) is 3. The first-order valence-electron chi connectivity index (χ1n) is 5.58. The molecule has 2 N–H and O–H groups in total. The number of aliphatic hydroxyl groups is 2. The van der Waals surface area contributed by atoms with E-state index in [1.165, 1.54) is 0 Å². The van der Waals surface area contributed by atoms with Gasteiger partial charge in [0.25, 0.3) is 0 Å². The highest BCUT2D eigenvalue weighted by Crippen LogP contribution is 2.25. The van der Waals surface area contributed by atoms with Crippen LogP contribution in [0, 0.1) is 0 Å². The predicted molar refractivity (Wildman–Crippen MR) is 57.2 cm³/mol. The van der Waals surface area contributed by atoms with E-state index in [-0.39, 0.29) is 12.1 Å². The Hall–Kier alpha value is -0.120. The van der Waals surface area contributed by atoms with E-state index in [0.29, 0.717) is 6.54 Å². The van der Waals surface area contributed by atoms with Crippen LogP contribution in [0.1, 0.15) is 40.0 Å². The van der Waals surface area contributed by atoms with Crippen LogP contribution in [-0.2, 0) is 0 Å². The zero-order valence-electron chi connectivity index (χ0n) is 9.53. The molecule has 0 amide bonds. The zero-order valence-corrected chi connectivity index (χ0v) is 9.53. The molecule has 1 fully saturated rings. The third-order valence-electron chi connectivity index (χ3n) is 2.91. The van der Waals surface area contributed by atoms with Crippen LogP contribution < -0.4 is 0 Å². The van der Waals surface area contributed by atoms with Crippen LogP contribution in [0.3, 0.4) is 0 Å². The quantitative estimate of drug-likeness (QED) is 0.713. The van der Waals surface area contributed by atoms with Gasteiger partial charge in [0.05, 0.1) is 11.7 Å². The monoisotopic (exact) mass is 201 g/mol. The molecular weight excluding hydrogens is 178 g/mol. The Kier molecular flexibility index (Phi) is 3.93. The molecule has 0 aromatic carbocycles. The van der Waals surface area contributed by atoms with Crippen LogP contribution in [0.4, 0.5) is 0 Å². The molecule has 0 aromatic rings. The van der Waals surface area contributed by atoms with E-state index in [9.17, 15) is 10.2 Å². The predicted octanol–water partition coefficient (Wildman–Crippen LogP) is 0.993. The van der Waals surface area contributed by atoms with Gasteiger partial charge in [-0.15, -0.1) is 0 Å². The van der Waals surface area contributed by atoms with Gasteiger partial charge in [0.15, 0.2) is 0 Å². The van der Waals surface area contributed by atoms with E-state index in [0.717, 1.165) is 25.8 Å². The van der Waals surface area contributed by atoms with E-state index in [2.05, 4.69) is 11.8 Å². The smallest absolute Gasteiger partial charge is 0.0718 e. The average molecular weight is 201 g/mol. The molecule has 3 heteroatoms. The first-order chi connectivity index (χ1) is 6.44. The third-order valence-corrected chi connectivity index (χ3v) is 2.91. The SMILES string of the molecule is CCN(CC(C)(C)O)[C@@H]1CCC[C@H]1O. The summed E-state index contributed by atoms with van der Waals surface area (Å²) in [5.41, 5.74) is -0.668.